The number of rotatable bonds is 6. The summed E-state index contributed by atoms with van der Waals surface area (Å²) in [5, 5.41) is 0. The number of anilines is 2. The molecule has 0 unspecified atom stereocenters. The summed E-state index contributed by atoms with van der Waals surface area (Å²) in [6.07, 6.45) is 1.81. The van der Waals surface area contributed by atoms with Crippen molar-refractivity contribution in [3.05, 3.63) is 83.8 Å². The lowest BCUT2D eigenvalue weighted by molar-refractivity contribution is 0.0984. The predicted octanol–water partition coefficient (Wildman–Crippen LogP) is 3.83. The van der Waals surface area contributed by atoms with Crippen LogP contribution < -0.4 is 14.5 Å². The van der Waals surface area contributed by atoms with Gasteiger partial charge in [-0.3, -0.25) is 4.79 Å². The van der Waals surface area contributed by atoms with Gasteiger partial charge >= 0.3 is 0 Å². The highest BCUT2D eigenvalue weighted by atomic mass is 19.1. The molecule has 0 saturated carbocycles. The van der Waals surface area contributed by atoms with E-state index in [9.17, 15) is 9.18 Å². The van der Waals surface area contributed by atoms with Gasteiger partial charge in [-0.2, -0.15) is 0 Å². The van der Waals surface area contributed by atoms with E-state index in [1.165, 1.54) is 12.1 Å². The average Bonchev–Trinajstić information content (AvgIpc) is 2.84. The van der Waals surface area contributed by atoms with Crippen LogP contribution in [0.2, 0.25) is 0 Å². The third kappa shape index (κ3) is 5.06. The van der Waals surface area contributed by atoms with Crippen molar-refractivity contribution in [2.75, 3.05) is 50.1 Å². The minimum Gasteiger partial charge on any atom is -0.497 e. The highest BCUT2D eigenvalue weighted by Crippen LogP contribution is 2.23. The van der Waals surface area contributed by atoms with Gasteiger partial charge in [0.15, 0.2) is 0 Å². The Bertz CT molecular complexity index is 1050. The molecule has 1 saturated heterocycles. The number of ether oxygens (including phenoxy) is 1. The molecule has 0 spiro atoms. The zero-order valence-electron chi connectivity index (χ0n) is 18.4. The van der Waals surface area contributed by atoms with Crippen molar-refractivity contribution in [3.8, 4) is 5.75 Å². The lowest BCUT2D eigenvalue weighted by Crippen LogP contribution is -2.44. The van der Waals surface area contributed by atoms with Gasteiger partial charge in [-0.15, -0.1) is 0 Å². The highest BCUT2D eigenvalue weighted by molar-refractivity contribution is 6.06. The van der Waals surface area contributed by atoms with Crippen LogP contribution >= 0.6 is 0 Å². The van der Waals surface area contributed by atoms with Gasteiger partial charge in [0.1, 0.15) is 17.4 Å². The molecule has 0 radical (unpaired) electrons. The van der Waals surface area contributed by atoms with Crippen LogP contribution in [-0.2, 0) is 6.54 Å². The molecule has 1 amide bonds. The lowest BCUT2D eigenvalue weighted by Gasteiger charge is -2.33. The first-order valence-corrected chi connectivity index (χ1v) is 10.6. The van der Waals surface area contributed by atoms with Gasteiger partial charge < -0.3 is 19.4 Å². The van der Waals surface area contributed by atoms with Crippen molar-refractivity contribution in [3.63, 3.8) is 0 Å². The van der Waals surface area contributed by atoms with Crippen LogP contribution in [0.4, 0.5) is 15.9 Å². The molecule has 166 valence electrons. The fraction of sp³-hybridized carbons (Fsp3) is 0.280. The summed E-state index contributed by atoms with van der Waals surface area (Å²) in [6, 6.07) is 16.9. The number of carbonyl (C=O) groups is 1. The van der Waals surface area contributed by atoms with Gasteiger partial charge in [0.2, 0.25) is 0 Å². The smallest absolute Gasteiger partial charge is 0.258 e. The molecule has 4 rings (SSSR count). The second kappa shape index (κ2) is 9.78. The van der Waals surface area contributed by atoms with Crippen molar-refractivity contribution in [1.29, 1.82) is 0 Å². The number of hydrogen-bond donors (Lipinski definition) is 0. The molecule has 6 nitrogen and oxygen atoms in total. The summed E-state index contributed by atoms with van der Waals surface area (Å²) in [5.74, 6) is 1.00. The van der Waals surface area contributed by atoms with E-state index in [2.05, 4.69) is 21.8 Å². The van der Waals surface area contributed by atoms with E-state index in [1.54, 1.807) is 48.4 Å². The van der Waals surface area contributed by atoms with Crippen LogP contribution in [0.5, 0.6) is 5.75 Å². The third-order valence-corrected chi connectivity index (χ3v) is 5.68. The molecule has 1 aromatic heterocycles. The average molecular weight is 435 g/mol. The SMILES string of the molecule is COc1cccc(C(=O)N(Cc2ccc(N3CCN(C)CC3)nc2)c2ccc(F)cc2)c1. The molecule has 1 fully saturated rings. The molecular weight excluding hydrogens is 407 g/mol. The first kappa shape index (κ1) is 21.8. The van der Waals surface area contributed by atoms with Crippen LogP contribution in [-0.4, -0.2) is 56.1 Å². The number of benzene rings is 2. The number of halogens is 1. The molecule has 1 aliphatic heterocycles. The standard InChI is InChI=1S/C25H27FN4O2/c1-28-12-14-29(15-13-28)24-11-6-19(17-27-24)18-30(22-9-7-21(26)8-10-22)25(31)20-4-3-5-23(16-20)32-2/h3-11,16-17H,12-15,18H2,1-2H3. The molecule has 0 atom stereocenters. The fourth-order valence-electron chi connectivity index (χ4n) is 3.73. The summed E-state index contributed by atoms with van der Waals surface area (Å²) < 4.78 is 18.8. The van der Waals surface area contributed by atoms with Crippen LogP contribution in [0.25, 0.3) is 0 Å². The Labute approximate surface area is 187 Å². The van der Waals surface area contributed by atoms with Crippen molar-refractivity contribution in [2.24, 2.45) is 0 Å². The normalized spacial score (nSPS) is 14.3. The number of piperazine rings is 1. The van der Waals surface area contributed by atoms with Gasteiger partial charge in [-0.25, -0.2) is 9.37 Å². The van der Waals surface area contributed by atoms with Gasteiger partial charge in [-0.1, -0.05) is 12.1 Å². The first-order valence-electron chi connectivity index (χ1n) is 10.6. The number of likely N-dealkylation sites (N-methyl/N-ethyl adjacent to an activating group) is 1. The second-order valence-corrected chi connectivity index (χ2v) is 7.91. The largest absolute Gasteiger partial charge is 0.497 e. The van der Waals surface area contributed by atoms with Crippen LogP contribution in [0.3, 0.4) is 0 Å². The van der Waals surface area contributed by atoms with E-state index >= 15 is 0 Å². The minimum absolute atomic E-state index is 0.196. The summed E-state index contributed by atoms with van der Waals surface area (Å²) in [4.78, 5) is 24.2. The maximum Gasteiger partial charge on any atom is 0.258 e. The van der Waals surface area contributed by atoms with E-state index in [0.717, 1.165) is 37.6 Å². The number of amides is 1. The number of methoxy groups -OCH3 is 1. The molecule has 2 heterocycles. The monoisotopic (exact) mass is 434 g/mol. The Morgan fingerprint density at radius 3 is 2.47 bits per heavy atom. The van der Waals surface area contributed by atoms with Crippen molar-refractivity contribution >= 4 is 17.4 Å². The van der Waals surface area contributed by atoms with E-state index in [4.69, 9.17) is 4.74 Å². The molecule has 0 bridgehead atoms. The van der Waals surface area contributed by atoms with Gasteiger partial charge in [0.25, 0.3) is 5.91 Å². The maximum atomic E-state index is 13.5. The zero-order valence-corrected chi connectivity index (χ0v) is 18.4. The Morgan fingerprint density at radius 1 is 1.06 bits per heavy atom. The number of carbonyl (C=O) groups excluding carboxylic acids is 1. The highest BCUT2D eigenvalue weighted by Gasteiger charge is 2.20. The van der Waals surface area contributed by atoms with E-state index in [-0.39, 0.29) is 11.7 Å². The second-order valence-electron chi connectivity index (χ2n) is 7.91. The van der Waals surface area contributed by atoms with E-state index < -0.39 is 0 Å². The quantitative estimate of drug-likeness (QED) is 0.590. The zero-order chi connectivity index (χ0) is 22.5. The fourth-order valence-corrected chi connectivity index (χ4v) is 3.73. The summed E-state index contributed by atoms with van der Waals surface area (Å²) in [7, 11) is 3.69. The maximum absolute atomic E-state index is 13.5. The Kier molecular flexibility index (Phi) is 6.66. The summed E-state index contributed by atoms with van der Waals surface area (Å²) >= 11 is 0. The van der Waals surface area contributed by atoms with E-state index in [0.29, 0.717) is 23.5 Å². The Hall–Kier alpha value is -3.45. The number of nitrogens with zero attached hydrogens (tertiary/aromatic N) is 4. The molecule has 1 aliphatic rings. The van der Waals surface area contributed by atoms with Crippen molar-refractivity contribution in [1.82, 2.24) is 9.88 Å². The molecule has 0 aliphatic carbocycles. The number of aromatic nitrogens is 1. The Balaban J connectivity index is 1.57. The third-order valence-electron chi connectivity index (χ3n) is 5.68. The molecule has 2 aromatic carbocycles. The van der Waals surface area contributed by atoms with Crippen molar-refractivity contribution in [2.45, 2.75) is 6.54 Å². The Morgan fingerprint density at radius 2 is 1.81 bits per heavy atom. The molecular formula is C25H27FN4O2. The van der Waals surface area contributed by atoms with Gasteiger partial charge in [0.05, 0.1) is 13.7 Å². The van der Waals surface area contributed by atoms with Gasteiger partial charge in [0, 0.05) is 43.6 Å². The first-order chi connectivity index (χ1) is 15.5. The van der Waals surface area contributed by atoms with Crippen LogP contribution in [0, 0.1) is 5.82 Å². The number of hydrogen-bond acceptors (Lipinski definition) is 5. The van der Waals surface area contributed by atoms with Crippen LogP contribution in [0.15, 0.2) is 66.9 Å². The summed E-state index contributed by atoms with van der Waals surface area (Å²) in [6.45, 7) is 4.23. The number of pyridine rings is 1. The van der Waals surface area contributed by atoms with Gasteiger partial charge in [-0.05, 0) is 61.1 Å². The molecule has 7 heteroatoms. The molecule has 3 aromatic rings. The topological polar surface area (TPSA) is 48.9 Å². The molecule has 32 heavy (non-hydrogen) atoms. The molecule has 0 N–H and O–H groups in total. The predicted molar refractivity (Wildman–Crippen MR) is 124 cm³/mol. The van der Waals surface area contributed by atoms with Crippen LogP contribution in [0.1, 0.15) is 15.9 Å². The van der Waals surface area contributed by atoms with E-state index in [1.807, 2.05) is 18.3 Å². The van der Waals surface area contributed by atoms with Crippen molar-refractivity contribution < 1.29 is 13.9 Å². The lowest BCUT2D eigenvalue weighted by atomic mass is 10.1. The minimum atomic E-state index is -0.347. The summed E-state index contributed by atoms with van der Waals surface area (Å²) in [5.41, 5.74) is 2.00.